The Labute approximate surface area is 218 Å². The Morgan fingerprint density at radius 3 is 2.22 bits per heavy atom. The number of amides is 2. The number of nitrogens with one attached hydrogen (secondary N) is 1. The number of sulfonamides is 1. The van der Waals surface area contributed by atoms with Crippen molar-refractivity contribution in [1.82, 2.24) is 10.2 Å². The van der Waals surface area contributed by atoms with Gasteiger partial charge in [0.1, 0.15) is 18.3 Å². The van der Waals surface area contributed by atoms with E-state index in [0.29, 0.717) is 12.3 Å². The summed E-state index contributed by atoms with van der Waals surface area (Å²) in [5, 5.41) is 2.83. The predicted octanol–water partition coefficient (Wildman–Crippen LogP) is 3.83. The van der Waals surface area contributed by atoms with Crippen molar-refractivity contribution in [3.8, 4) is 5.75 Å². The van der Waals surface area contributed by atoms with E-state index in [1.165, 1.54) is 24.1 Å². The average Bonchev–Trinajstić information content (AvgIpc) is 2.93. The number of rotatable bonds is 12. The molecule has 0 heterocycles. The zero-order valence-corrected chi connectivity index (χ0v) is 22.1. The van der Waals surface area contributed by atoms with Crippen molar-refractivity contribution in [1.29, 1.82) is 0 Å². The van der Waals surface area contributed by atoms with Gasteiger partial charge in [0.25, 0.3) is 10.0 Å². The maximum Gasteiger partial charge on any atom is 0.264 e. The number of ether oxygens (including phenoxy) is 1. The highest BCUT2D eigenvalue weighted by Crippen LogP contribution is 2.27. The summed E-state index contributed by atoms with van der Waals surface area (Å²) in [4.78, 5) is 28.1. The van der Waals surface area contributed by atoms with Gasteiger partial charge in [0.15, 0.2) is 0 Å². The molecule has 1 N–H and O–H groups in total. The molecule has 0 fully saturated rings. The monoisotopic (exact) mass is 523 g/mol. The van der Waals surface area contributed by atoms with E-state index in [1.807, 2.05) is 37.3 Å². The zero-order chi connectivity index (χ0) is 26.8. The molecule has 0 bridgehead atoms. The summed E-state index contributed by atoms with van der Waals surface area (Å²) in [6.45, 7) is 3.72. The van der Waals surface area contributed by atoms with Gasteiger partial charge in [-0.3, -0.25) is 13.9 Å². The molecule has 3 rings (SSSR count). The lowest BCUT2D eigenvalue weighted by molar-refractivity contribution is -0.139. The number of carbonyl (C=O) groups is 2. The van der Waals surface area contributed by atoms with Gasteiger partial charge in [-0.15, -0.1) is 0 Å². The van der Waals surface area contributed by atoms with E-state index in [1.54, 1.807) is 49.4 Å². The van der Waals surface area contributed by atoms with Gasteiger partial charge in [-0.05, 0) is 43.2 Å². The van der Waals surface area contributed by atoms with E-state index in [2.05, 4.69) is 5.32 Å². The molecule has 0 saturated carbocycles. The molecule has 0 radical (unpaired) electrons. The standard InChI is InChI=1S/C28H33N3O5S/c1-4-18-29-28(33)22(2)30(20-23-12-7-5-8-13-23)27(32)21-31(24-14-11-15-25(19-24)36-3)37(34,35)26-16-9-6-10-17-26/h5-17,19,22H,4,18,20-21H2,1-3H3,(H,29,33)/t22-/m1/s1. The van der Waals surface area contributed by atoms with Crippen LogP contribution in [0.1, 0.15) is 25.8 Å². The smallest absolute Gasteiger partial charge is 0.264 e. The zero-order valence-electron chi connectivity index (χ0n) is 21.3. The first-order chi connectivity index (χ1) is 17.8. The third kappa shape index (κ3) is 7.10. The minimum atomic E-state index is -4.11. The van der Waals surface area contributed by atoms with Gasteiger partial charge in [-0.2, -0.15) is 0 Å². The maximum absolute atomic E-state index is 13.8. The highest BCUT2D eigenvalue weighted by Gasteiger charge is 2.32. The average molecular weight is 524 g/mol. The summed E-state index contributed by atoms with van der Waals surface area (Å²) in [6, 6.07) is 22.9. The normalized spacial score (nSPS) is 11.9. The Morgan fingerprint density at radius 1 is 0.946 bits per heavy atom. The molecule has 0 aromatic heterocycles. The van der Waals surface area contributed by atoms with Crippen molar-refractivity contribution in [2.75, 3.05) is 24.5 Å². The Kier molecular flexibility index (Phi) is 9.68. The minimum Gasteiger partial charge on any atom is -0.497 e. The van der Waals surface area contributed by atoms with Crippen LogP contribution in [0, 0.1) is 0 Å². The van der Waals surface area contributed by atoms with Gasteiger partial charge in [-0.1, -0.05) is 61.5 Å². The lowest BCUT2D eigenvalue weighted by Gasteiger charge is -2.32. The largest absolute Gasteiger partial charge is 0.497 e. The van der Waals surface area contributed by atoms with Crippen LogP contribution < -0.4 is 14.4 Å². The highest BCUT2D eigenvalue weighted by molar-refractivity contribution is 7.92. The number of anilines is 1. The van der Waals surface area contributed by atoms with Crippen molar-refractivity contribution < 1.29 is 22.7 Å². The van der Waals surface area contributed by atoms with E-state index in [4.69, 9.17) is 4.74 Å². The van der Waals surface area contributed by atoms with Crippen molar-refractivity contribution in [2.45, 2.75) is 37.8 Å². The van der Waals surface area contributed by atoms with E-state index < -0.39 is 28.5 Å². The van der Waals surface area contributed by atoms with Gasteiger partial charge in [0, 0.05) is 19.2 Å². The molecule has 8 nitrogen and oxygen atoms in total. The van der Waals surface area contributed by atoms with Crippen molar-refractivity contribution in [3.05, 3.63) is 90.5 Å². The Balaban J connectivity index is 2.01. The fourth-order valence-corrected chi connectivity index (χ4v) is 5.20. The lowest BCUT2D eigenvalue weighted by Crippen LogP contribution is -2.51. The van der Waals surface area contributed by atoms with Crippen molar-refractivity contribution >= 4 is 27.5 Å². The quantitative estimate of drug-likeness (QED) is 0.389. The summed E-state index contributed by atoms with van der Waals surface area (Å²) in [5.74, 6) is -0.359. The molecule has 0 aliphatic rings. The van der Waals surface area contributed by atoms with Crippen LogP contribution in [-0.4, -0.2) is 51.4 Å². The second kappa shape index (κ2) is 12.9. The topological polar surface area (TPSA) is 96.0 Å². The Bertz CT molecular complexity index is 1280. The number of benzene rings is 3. The first-order valence-corrected chi connectivity index (χ1v) is 13.5. The first kappa shape index (κ1) is 27.7. The van der Waals surface area contributed by atoms with Crippen LogP contribution in [0.25, 0.3) is 0 Å². The molecule has 196 valence electrons. The Morgan fingerprint density at radius 2 is 1.59 bits per heavy atom. The van der Waals surface area contributed by atoms with Crippen LogP contribution in [0.4, 0.5) is 5.69 Å². The molecule has 0 aliphatic heterocycles. The molecule has 0 aliphatic carbocycles. The third-order valence-corrected chi connectivity index (χ3v) is 7.65. The number of methoxy groups -OCH3 is 1. The van der Waals surface area contributed by atoms with Gasteiger partial charge in [-0.25, -0.2) is 8.42 Å². The van der Waals surface area contributed by atoms with Crippen LogP contribution in [0.3, 0.4) is 0 Å². The lowest BCUT2D eigenvalue weighted by atomic mass is 10.1. The van der Waals surface area contributed by atoms with Crippen LogP contribution >= 0.6 is 0 Å². The predicted molar refractivity (Wildman–Crippen MR) is 144 cm³/mol. The second-order valence-electron chi connectivity index (χ2n) is 8.50. The fourth-order valence-electron chi connectivity index (χ4n) is 3.77. The fraction of sp³-hybridized carbons (Fsp3) is 0.286. The van der Waals surface area contributed by atoms with E-state index in [-0.39, 0.29) is 23.0 Å². The molecule has 1 atom stereocenters. The summed E-state index contributed by atoms with van der Waals surface area (Å²) in [7, 11) is -2.63. The summed E-state index contributed by atoms with van der Waals surface area (Å²) >= 11 is 0. The summed E-state index contributed by atoms with van der Waals surface area (Å²) < 4.78 is 33.8. The Hall–Kier alpha value is -3.85. The first-order valence-electron chi connectivity index (χ1n) is 12.1. The van der Waals surface area contributed by atoms with Crippen molar-refractivity contribution in [2.24, 2.45) is 0 Å². The molecule has 2 amide bonds. The molecule has 37 heavy (non-hydrogen) atoms. The third-order valence-electron chi connectivity index (χ3n) is 5.86. The van der Waals surface area contributed by atoms with E-state index in [0.717, 1.165) is 16.3 Å². The van der Waals surface area contributed by atoms with Crippen LogP contribution in [0.2, 0.25) is 0 Å². The molecule has 0 unspecified atom stereocenters. The molecule has 3 aromatic rings. The number of hydrogen-bond acceptors (Lipinski definition) is 5. The molecule has 3 aromatic carbocycles. The molecule has 9 heteroatoms. The van der Waals surface area contributed by atoms with E-state index in [9.17, 15) is 18.0 Å². The molecule has 0 spiro atoms. The SMILES string of the molecule is CCCNC(=O)[C@@H](C)N(Cc1ccccc1)C(=O)CN(c1cccc(OC)c1)S(=O)(=O)c1ccccc1. The molecule has 0 saturated heterocycles. The molecular formula is C28H33N3O5S. The number of hydrogen-bond donors (Lipinski definition) is 1. The highest BCUT2D eigenvalue weighted by atomic mass is 32.2. The second-order valence-corrected chi connectivity index (χ2v) is 10.4. The minimum absolute atomic E-state index is 0.0500. The van der Waals surface area contributed by atoms with Crippen LogP contribution in [-0.2, 0) is 26.2 Å². The summed E-state index contributed by atoms with van der Waals surface area (Å²) in [5.41, 5.74) is 1.10. The number of carbonyl (C=O) groups excluding carboxylic acids is 2. The summed E-state index contributed by atoms with van der Waals surface area (Å²) in [6.07, 6.45) is 0.754. The van der Waals surface area contributed by atoms with Gasteiger partial charge in [0.2, 0.25) is 11.8 Å². The maximum atomic E-state index is 13.8. The van der Waals surface area contributed by atoms with Crippen molar-refractivity contribution in [3.63, 3.8) is 0 Å². The van der Waals surface area contributed by atoms with Crippen LogP contribution in [0.15, 0.2) is 89.8 Å². The van der Waals surface area contributed by atoms with Crippen LogP contribution in [0.5, 0.6) is 5.75 Å². The van der Waals surface area contributed by atoms with Gasteiger partial charge >= 0.3 is 0 Å². The number of nitrogens with zero attached hydrogens (tertiary/aromatic N) is 2. The van der Waals surface area contributed by atoms with E-state index >= 15 is 0 Å². The van der Waals surface area contributed by atoms with Gasteiger partial charge < -0.3 is 15.0 Å². The van der Waals surface area contributed by atoms with Gasteiger partial charge in [0.05, 0.1) is 17.7 Å². The molecular weight excluding hydrogens is 490 g/mol.